The molecule has 0 radical (unpaired) electrons. The Morgan fingerprint density at radius 3 is 2.94 bits per heavy atom. The van der Waals surface area contributed by atoms with Gasteiger partial charge in [-0.2, -0.15) is 0 Å². The Hall–Kier alpha value is -0.580. The summed E-state index contributed by atoms with van der Waals surface area (Å²) in [4.78, 5) is 4.31. The van der Waals surface area contributed by atoms with Crippen LogP contribution in [0.3, 0.4) is 0 Å². The van der Waals surface area contributed by atoms with Crippen molar-refractivity contribution in [3.05, 3.63) is 43.8 Å². The van der Waals surface area contributed by atoms with E-state index in [0.717, 1.165) is 15.2 Å². The number of aryl methyl sites for hydroxylation is 1. The Morgan fingerprint density at radius 1 is 1.50 bits per heavy atom. The average Bonchev–Trinajstić information content (AvgIpc) is 2.63. The van der Waals surface area contributed by atoms with E-state index in [1.54, 1.807) is 11.3 Å². The van der Waals surface area contributed by atoms with E-state index in [-0.39, 0.29) is 0 Å². The van der Waals surface area contributed by atoms with Gasteiger partial charge in [-0.05, 0) is 25.1 Å². The number of hydrogen-bond acceptors (Lipinski definition) is 3. The lowest BCUT2D eigenvalue weighted by atomic mass is 10.3. The van der Waals surface area contributed by atoms with Gasteiger partial charge in [-0.1, -0.05) is 27.5 Å². The van der Waals surface area contributed by atoms with Crippen molar-refractivity contribution < 1.29 is 4.74 Å². The molecule has 0 amide bonds. The number of hydrogen-bond donors (Lipinski definition) is 0. The van der Waals surface area contributed by atoms with Crippen molar-refractivity contribution in [1.82, 2.24) is 4.98 Å². The normalized spacial score (nSPS) is 10.4. The zero-order valence-corrected chi connectivity index (χ0v) is 11.7. The number of nitrogens with zero attached hydrogens (tertiary/aromatic N) is 1. The van der Waals surface area contributed by atoms with Gasteiger partial charge < -0.3 is 4.74 Å². The second-order valence-electron chi connectivity index (χ2n) is 3.22. The van der Waals surface area contributed by atoms with E-state index in [2.05, 4.69) is 20.9 Å². The predicted octanol–water partition coefficient (Wildman–Crippen LogP) is 4.45. The monoisotopic (exact) mass is 317 g/mol. The Kier molecular flexibility index (Phi) is 3.84. The molecule has 0 aliphatic heterocycles. The zero-order chi connectivity index (χ0) is 11.5. The summed E-state index contributed by atoms with van der Waals surface area (Å²) >= 11 is 11.0. The molecule has 0 unspecified atom stereocenters. The number of aromatic nitrogens is 1. The molecule has 0 saturated heterocycles. The number of halogens is 2. The van der Waals surface area contributed by atoms with Gasteiger partial charge in [0.2, 0.25) is 0 Å². The van der Waals surface area contributed by atoms with Crippen LogP contribution >= 0.6 is 38.9 Å². The molecule has 0 bridgehead atoms. The highest BCUT2D eigenvalue weighted by molar-refractivity contribution is 9.10. The molecular formula is C11H9BrClNOS. The minimum atomic E-state index is 0.450. The predicted molar refractivity (Wildman–Crippen MR) is 70.3 cm³/mol. The minimum absolute atomic E-state index is 0.450. The molecule has 0 aliphatic rings. The average molecular weight is 319 g/mol. The van der Waals surface area contributed by atoms with Crippen LogP contribution in [0.5, 0.6) is 5.75 Å². The minimum Gasteiger partial charge on any atom is -0.486 e. The second kappa shape index (κ2) is 5.17. The Bertz CT molecular complexity index is 500. The topological polar surface area (TPSA) is 22.1 Å². The molecule has 16 heavy (non-hydrogen) atoms. The maximum atomic E-state index is 6.03. The number of rotatable bonds is 3. The van der Waals surface area contributed by atoms with Gasteiger partial charge in [0.25, 0.3) is 0 Å². The second-order valence-corrected chi connectivity index (χ2v) is 5.61. The van der Waals surface area contributed by atoms with Crippen LogP contribution in [0, 0.1) is 6.92 Å². The fourth-order valence-electron chi connectivity index (χ4n) is 1.22. The highest BCUT2D eigenvalue weighted by Gasteiger charge is 2.04. The Balaban J connectivity index is 2.04. The highest BCUT2D eigenvalue weighted by Crippen LogP contribution is 2.28. The third-order valence-electron chi connectivity index (χ3n) is 1.94. The highest BCUT2D eigenvalue weighted by atomic mass is 79.9. The smallest absolute Gasteiger partial charge is 0.138 e. The van der Waals surface area contributed by atoms with Crippen molar-refractivity contribution in [2.75, 3.05) is 0 Å². The molecule has 0 atom stereocenters. The maximum Gasteiger partial charge on any atom is 0.138 e. The first-order valence-electron chi connectivity index (χ1n) is 4.64. The maximum absolute atomic E-state index is 6.03. The summed E-state index contributed by atoms with van der Waals surface area (Å²) in [5.41, 5.74) is 0.932. The van der Waals surface area contributed by atoms with Crippen molar-refractivity contribution in [3.63, 3.8) is 0 Å². The van der Waals surface area contributed by atoms with Crippen molar-refractivity contribution in [3.8, 4) is 5.75 Å². The van der Waals surface area contributed by atoms with Gasteiger partial charge in [-0.25, -0.2) is 4.98 Å². The van der Waals surface area contributed by atoms with Crippen LogP contribution in [-0.4, -0.2) is 4.98 Å². The fourth-order valence-corrected chi connectivity index (χ4v) is 2.54. The van der Waals surface area contributed by atoms with E-state index >= 15 is 0 Å². The number of ether oxygens (including phenoxy) is 1. The van der Waals surface area contributed by atoms with E-state index < -0.39 is 0 Å². The molecular weight excluding hydrogens is 310 g/mol. The number of thiazole rings is 1. The van der Waals surface area contributed by atoms with Crippen LogP contribution < -0.4 is 4.74 Å². The van der Waals surface area contributed by atoms with Gasteiger partial charge in [0, 0.05) is 9.85 Å². The third kappa shape index (κ3) is 2.97. The van der Waals surface area contributed by atoms with Crippen LogP contribution in [0.15, 0.2) is 28.1 Å². The van der Waals surface area contributed by atoms with Crippen LogP contribution in [0.1, 0.15) is 10.7 Å². The van der Waals surface area contributed by atoms with E-state index in [4.69, 9.17) is 16.3 Å². The van der Waals surface area contributed by atoms with Crippen LogP contribution in [0.2, 0.25) is 5.02 Å². The van der Waals surface area contributed by atoms with Crippen molar-refractivity contribution in [2.45, 2.75) is 13.5 Å². The lowest BCUT2D eigenvalue weighted by Gasteiger charge is -2.06. The van der Waals surface area contributed by atoms with Gasteiger partial charge in [0.05, 0.1) is 15.7 Å². The SMILES string of the molecule is Cc1nc(COc2ccc(Br)cc2Cl)cs1. The Morgan fingerprint density at radius 2 is 2.31 bits per heavy atom. The van der Waals surface area contributed by atoms with Gasteiger partial charge in [0.15, 0.2) is 0 Å². The van der Waals surface area contributed by atoms with E-state index in [9.17, 15) is 0 Å². The van der Waals surface area contributed by atoms with Gasteiger partial charge in [-0.3, -0.25) is 0 Å². The molecule has 1 heterocycles. The van der Waals surface area contributed by atoms with Crippen molar-refractivity contribution in [1.29, 1.82) is 0 Å². The molecule has 0 aliphatic carbocycles. The molecule has 84 valence electrons. The van der Waals surface area contributed by atoms with Gasteiger partial charge >= 0.3 is 0 Å². The van der Waals surface area contributed by atoms with Gasteiger partial charge in [-0.15, -0.1) is 11.3 Å². The summed E-state index contributed by atoms with van der Waals surface area (Å²) < 4.78 is 6.52. The quantitative estimate of drug-likeness (QED) is 0.834. The third-order valence-corrected chi connectivity index (χ3v) is 3.55. The van der Waals surface area contributed by atoms with E-state index in [1.807, 2.05) is 30.5 Å². The first kappa shape index (κ1) is 11.9. The molecule has 2 nitrogen and oxygen atoms in total. The summed E-state index contributed by atoms with van der Waals surface area (Å²) in [5.74, 6) is 0.676. The van der Waals surface area contributed by atoms with Crippen LogP contribution in [0.4, 0.5) is 0 Å². The molecule has 1 aromatic heterocycles. The largest absolute Gasteiger partial charge is 0.486 e. The fraction of sp³-hybridized carbons (Fsp3) is 0.182. The molecule has 1 aromatic carbocycles. The molecule has 2 aromatic rings. The molecule has 0 fully saturated rings. The Labute approximate surface area is 111 Å². The lowest BCUT2D eigenvalue weighted by molar-refractivity contribution is 0.302. The lowest BCUT2D eigenvalue weighted by Crippen LogP contribution is -1.96. The summed E-state index contributed by atoms with van der Waals surface area (Å²) in [6.07, 6.45) is 0. The molecule has 5 heteroatoms. The van der Waals surface area contributed by atoms with Crippen LogP contribution in [-0.2, 0) is 6.61 Å². The summed E-state index contributed by atoms with van der Waals surface area (Å²) in [6.45, 7) is 2.42. The van der Waals surface area contributed by atoms with Crippen molar-refractivity contribution in [2.24, 2.45) is 0 Å². The molecule has 2 rings (SSSR count). The molecule has 0 spiro atoms. The van der Waals surface area contributed by atoms with Crippen molar-refractivity contribution >= 4 is 38.9 Å². The molecule has 0 N–H and O–H groups in total. The first-order valence-corrected chi connectivity index (χ1v) is 6.69. The van der Waals surface area contributed by atoms with Crippen LogP contribution in [0.25, 0.3) is 0 Å². The summed E-state index contributed by atoms with van der Waals surface area (Å²) in [7, 11) is 0. The molecule has 0 saturated carbocycles. The van der Waals surface area contributed by atoms with E-state index in [0.29, 0.717) is 17.4 Å². The van der Waals surface area contributed by atoms with E-state index in [1.165, 1.54) is 0 Å². The summed E-state index contributed by atoms with van der Waals surface area (Å²) in [6, 6.07) is 5.54. The standard InChI is InChI=1S/C11H9BrClNOS/c1-7-14-9(6-16-7)5-15-11-3-2-8(12)4-10(11)13/h2-4,6H,5H2,1H3. The summed E-state index contributed by atoms with van der Waals surface area (Å²) in [5, 5.41) is 3.63. The van der Waals surface area contributed by atoms with Gasteiger partial charge in [0.1, 0.15) is 12.4 Å². The number of benzene rings is 1. The first-order chi connectivity index (χ1) is 7.65. The zero-order valence-electron chi connectivity index (χ0n) is 8.54.